The number of carbonyl (C=O) groups excluding carboxylic acids is 1. The van der Waals surface area contributed by atoms with Crippen molar-refractivity contribution in [2.75, 3.05) is 5.32 Å². The molecule has 0 atom stereocenters. The lowest BCUT2D eigenvalue weighted by Gasteiger charge is -2.11. The highest BCUT2D eigenvalue weighted by Crippen LogP contribution is 2.28. The maximum Gasteiger partial charge on any atom is 0.360 e. The van der Waals surface area contributed by atoms with Gasteiger partial charge < -0.3 is 14.5 Å². The van der Waals surface area contributed by atoms with Crippen molar-refractivity contribution in [3.05, 3.63) is 70.1 Å². The normalized spacial score (nSPS) is 10.6. The summed E-state index contributed by atoms with van der Waals surface area (Å²) in [6, 6.07) is 15.1. The largest absolute Gasteiger partial charge is 0.488 e. The van der Waals surface area contributed by atoms with E-state index >= 15 is 0 Å². The molecule has 1 heterocycles. The van der Waals surface area contributed by atoms with E-state index in [0.717, 1.165) is 16.5 Å². The predicted octanol–water partition coefficient (Wildman–Crippen LogP) is 3.64. The summed E-state index contributed by atoms with van der Waals surface area (Å²) in [5.41, 5.74) is 1.81. The molecule has 0 saturated carbocycles. The molecule has 1 amide bonds. The molecule has 0 radical (unpaired) electrons. The Morgan fingerprint density at radius 3 is 2.62 bits per heavy atom. The Balaban J connectivity index is 1.93. The summed E-state index contributed by atoms with van der Waals surface area (Å²) in [4.78, 5) is 23.1. The Kier molecular flexibility index (Phi) is 4.33. The zero-order valence-electron chi connectivity index (χ0n) is 13.5. The average Bonchev–Trinajstić information content (AvgIpc) is 2.56. The van der Waals surface area contributed by atoms with Crippen molar-refractivity contribution in [1.29, 1.82) is 0 Å². The minimum Gasteiger partial charge on any atom is -0.488 e. The number of anilines is 1. The lowest BCUT2D eigenvalue weighted by Crippen LogP contribution is -2.14. The van der Waals surface area contributed by atoms with Crippen molar-refractivity contribution < 1.29 is 13.9 Å². The van der Waals surface area contributed by atoms with Crippen LogP contribution >= 0.6 is 0 Å². The molecule has 5 heteroatoms. The Morgan fingerprint density at radius 1 is 1.17 bits per heavy atom. The van der Waals surface area contributed by atoms with E-state index in [9.17, 15) is 9.59 Å². The van der Waals surface area contributed by atoms with Crippen molar-refractivity contribution in [3.8, 4) is 5.75 Å². The third-order valence-electron chi connectivity index (χ3n) is 3.65. The minimum absolute atomic E-state index is 0.132. The highest BCUT2D eigenvalue weighted by atomic mass is 16.5. The molecule has 0 aliphatic heterocycles. The fourth-order valence-electron chi connectivity index (χ4n) is 2.47. The predicted molar refractivity (Wildman–Crippen MR) is 92.3 cm³/mol. The number of benzene rings is 2. The Labute approximate surface area is 138 Å². The first-order valence-corrected chi connectivity index (χ1v) is 7.56. The lowest BCUT2D eigenvalue weighted by molar-refractivity contribution is -0.114. The van der Waals surface area contributed by atoms with E-state index in [1.165, 1.54) is 6.92 Å². The van der Waals surface area contributed by atoms with E-state index in [4.69, 9.17) is 9.15 Å². The SMILES string of the molecule is CC(=O)Nc1cc2ccc(OCc3ccccc3)c(C)c2oc1=O. The molecule has 2 aromatic carbocycles. The second-order valence-electron chi connectivity index (χ2n) is 5.51. The molecule has 24 heavy (non-hydrogen) atoms. The van der Waals surface area contributed by atoms with Gasteiger partial charge in [-0.3, -0.25) is 4.79 Å². The van der Waals surface area contributed by atoms with Gasteiger partial charge in [0.2, 0.25) is 5.91 Å². The zero-order chi connectivity index (χ0) is 17.1. The number of carbonyl (C=O) groups is 1. The van der Waals surface area contributed by atoms with E-state index in [1.807, 2.05) is 43.3 Å². The topological polar surface area (TPSA) is 68.5 Å². The number of fused-ring (bicyclic) bond motifs is 1. The van der Waals surface area contributed by atoms with Crippen LogP contribution in [0.15, 0.2) is 57.7 Å². The van der Waals surface area contributed by atoms with Gasteiger partial charge >= 0.3 is 5.63 Å². The molecule has 0 spiro atoms. The number of hydrogen-bond donors (Lipinski definition) is 1. The number of hydrogen-bond acceptors (Lipinski definition) is 4. The van der Waals surface area contributed by atoms with Gasteiger partial charge in [0.05, 0.1) is 0 Å². The van der Waals surface area contributed by atoms with Crippen LogP contribution in [0.2, 0.25) is 0 Å². The van der Waals surface area contributed by atoms with Crippen LogP contribution in [0.5, 0.6) is 5.75 Å². The number of rotatable bonds is 4. The monoisotopic (exact) mass is 323 g/mol. The number of nitrogens with one attached hydrogen (secondary N) is 1. The molecule has 0 unspecified atom stereocenters. The summed E-state index contributed by atoms with van der Waals surface area (Å²) in [7, 11) is 0. The van der Waals surface area contributed by atoms with Gasteiger partial charge in [-0.25, -0.2) is 4.79 Å². The summed E-state index contributed by atoms with van der Waals surface area (Å²) in [5, 5.41) is 3.19. The van der Waals surface area contributed by atoms with Crippen LogP contribution in [-0.2, 0) is 11.4 Å². The third-order valence-corrected chi connectivity index (χ3v) is 3.65. The fraction of sp³-hybridized carbons (Fsp3) is 0.158. The Hall–Kier alpha value is -3.08. The van der Waals surface area contributed by atoms with Crippen molar-refractivity contribution >= 4 is 22.6 Å². The van der Waals surface area contributed by atoms with E-state index in [-0.39, 0.29) is 11.6 Å². The molecule has 0 bridgehead atoms. The molecule has 0 saturated heterocycles. The van der Waals surface area contributed by atoms with Crippen molar-refractivity contribution in [2.24, 2.45) is 0 Å². The van der Waals surface area contributed by atoms with Gasteiger partial charge in [-0.05, 0) is 30.7 Å². The van der Waals surface area contributed by atoms with Gasteiger partial charge in [0.25, 0.3) is 0 Å². The first-order valence-electron chi connectivity index (χ1n) is 7.56. The smallest absolute Gasteiger partial charge is 0.360 e. The minimum atomic E-state index is -0.582. The van der Waals surface area contributed by atoms with Crippen LogP contribution in [0.1, 0.15) is 18.1 Å². The zero-order valence-corrected chi connectivity index (χ0v) is 13.5. The fourth-order valence-corrected chi connectivity index (χ4v) is 2.47. The summed E-state index contributed by atoms with van der Waals surface area (Å²) in [6.45, 7) is 3.61. The van der Waals surface area contributed by atoms with Crippen LogP contribution in [-0.4, -0.2) is 5.91 Å². The van der Waals surface area contributed by atoms with Gasteiger partial charge in [0.1, 0.15) is 23.6 Å². The lowest BCUT2D eigenvalue weighted by atomic mass is 10.1. The molecule has 3 aromatic rings. The third kappa shape index (κ3) is 3.30. The molecule has 1 N–H and O–H groups in total. The molecule has 0 aliphatic rings. The van der Waals surface area contributed by atoms with Crippen LogP contribution < -0.4 is 15.7 Å². The van der Waals surface area contributed by atoms with Gasteiger partial charge in [0.15, 0.2) is 0 Å². The van der Waals surface area contributed by atoms with E-state index in [1.54, 1.807) is 12.1 Å². The summed E-state index contributed by atoms with van der Waals surface area (Å²) >= 11 is 0. The summed E-state index contributed by atoms with van der Waals surface area (Å²) in [5.74, 6) is 0.336. The first kappa shape index (κ1) is 15.8. The molecule has 0 aliphatic carbocycles. The Morgan fingerprint density at radius 2 is 1.92 bits per heavy atom. The maximum atomic E-state index is 12.0. The van der Waals surface area contributed by atoms with Crippen LogP contribution in [0, 0.1) is 6.92 Å². The molecular weight excluding hydrogens is 306 g/mol. The molecule has 3 rings (SSSR count). The van der Waals surface area contributed by atoms with Gasteiger partial charge in [-0.15, -0.1) is 0 Å². The van der Waals surface area contributed by atoms with Gasteiger partial charge in [-0.2, -0.15) is 0 Å². The Bertz CT molecular complexity index is 945. The molecule has 1 aromatic heterocycles. The van der Waals surface area contributed by atoms with Crippen LogP contribution in [0.4, 0.5) is 5.69 Å². The summed E-state index contributed by atoms with van der Waals surface area (Å²) < 4.78 is 11.2. The molecule has 5 nitrogen and oxygen atoms in total. The second-order valence-corrected chi connectivity index (χ2v) is 5.51. The van der Waals surface area contributed by atoms with Crippen LogP contribution in [0.3, 0.4) is 0 Å². The number of ether oxygens (including phenoxy) is 1. The van der Waals surface area contributed by atoms with E-state index in [0.29, 0.717) is 17.9 Å². The highest BCUT2D eigenvalue weighted by Gasteiger charge is 2.11. The number of aryl methyl sites for hydroxylation is 1. The van der Waals surface area contributed by atoms with Crippen molar-refractivity contribution in [3.63, 3.8) is 0 Å². The van der Waals surface area contributed by atoms with E-state index < -0.39 is 5.63 Å². The van der Waals surface area contributed by atoms with Gasteiger partial charge in [-0.1, -0.05) is 30.3 Å². The summed E-state index contributed by atoms with van der Waals surface area (Å²) in [6.07, 6.45) is 0. The van der Waals surface area contributed by atoms with Crippen molar-refractivity contribution in [2.45, 2.75) is 20.5 Å². The highest BCUT2D eigenvalue weighted by molar-refractivity contribution is 5.91. The quantitative estimate of drug-likeness (QED) is 0.744. The molecule has 0 fully saturated rings. The van der Waals surface area contributed by atoms with Crippen molar-refractivity contribution in [1.82, 2.24) is 0 Å². The molecular formula is C19H17NO4. The number of amides is 1. The van der Waals surface area contributed by atoms with Crippen LogP contribution in [0.25, 0.3) is 11.0 Å². The maximum absolute atomic E-state index is 12.0. The standard InChI is InChI=1S/C19H17NO4/c1-12-17(23-11-14-6-4-3-5-7-14)9-8-15-10-16(20-13(2)21)19(22)24-18(12)15/h3-10H,11H2,1-2H3,(H,20,21). The average molecular weight is 323 g/mol. The second kappa shape index (κ2) is 6.58. The van der Waals surface area contributed by atoms with Gasteiger partial charge in [0, 0.05) is 17.9 Å². The molecule has 122 valence electrons. The first-order chi connectivity index (χ1) is 11.5. The van der Waals surface area contributed by atoms with E-state index in [2.05, 4.69) is 5.32 Å².